The molecule has 0 atom stereocenters. The summed E-state index contributed by atoms with van der Waals surface area (Å²) >= 11 is 0. The molecule has 0 aliphatic carbocycles. The first-order valence-electron chi connectivity index (χ1n) is 10.1. The maximum atomic E-state index is 14.5. The van der Waals surface area contributed by atoms with Gasteiger partial charge in [-0.05, 0) is 48.9 Å². The second-order valence-corrected chi connectivity index (χ2v) is 9.29. The second-order valence-electron chi connectivity index (χ2n) is 7.35. The van der Waals surface area contributed by atoms with Crippen LogP contribution in [-0.2, 0) is 21.3 Å². The fourth-order valence-corrected chi connectivity index (χ4v) is 4.89. The molecular formula is C22H23FN4O4S. The average molecular weight is 459 g/mol. The number of amides is 1. The van der Waals surface area contributed by atoms with Crippen molar-refractivity contribution in [1.29, 1.82) is 0 Å². The number of aromatic nitrogens is 2. The molecule has 3 aromatic rings. The lowest BCUT2D eigenvalue weighted by molar-refractivity contribution is 0.0730. The lowest BCUT2D eigenvalue weighted by Gasteiger charge is -2.26. The van der Waals surface area contributed by atoms with Gasteiger partial charge in [0.1, 0.15) is 11.6 Å². The summed E-state index contributed by atoms with van der Waals surface area (Å²) in [5, 5.41) is 2.73. The Morgan fingerprint density at radius 3 is 2.50 bits per heavy atom. The monoisotopic (exact) mass is 458 g/mol. The van der Waals surface area contributed by atoms with Crippen LogP contribution >= 0.6 is 0 Å². The molecule has 1 aromatic heterocycles. The fraction of sp³-hybridized carbons (Fsp3) is 0.273. The number of aryl methyl sites for hydroxylation is 1. The summed E-state index contributed by atoms with van der Waals surface area (Å²) in [6.07, 6.45) is 3.28. The molecule has 0 spiro atoms. The van der Waals surface area contributed by atoms with Gasteiger partial charge in [0.2, 0.25) is 10.0 Å². The Balaban J connectivity index is 1.40. The van der Waals surface area contributed by atoms with Crippen LogP contribution in [0.25, 0.3) is 5.69 Å². The molecule has 10 heteroatoms. The van der Waals surface area contributed by atoms with Gasteiger partial charge in [-0.2, -0.15) is 4.31 Å². The Morgan fingerprint density at radius 1 is 1.16 bits per heavy atom. The molecule has 0 radical (unpaired) electrons. The van der Waals surface area contributed by atoms with Crippen LogP contribution in [-0.4, -0.2) is 54.5 Å². The highest BCUT2D eigenvalue weighted by Crippen LogP contribution is 2.19. The van der Waals surface area contributed by atoms with E-state index in [2.05, 4.69) is 10.3 Å². The van der Waals surface area contributed by atoms with Gasteiger partial charge in [0, 0.05) is 37.6 Å². The number of rotatable bonds is 6. The topological polar surface area (TPSA) is 93.5 Å². The predicted molar refractivity (Wildman–Crippen MR) is 115 cm³/mol. The molecule has 2 aromatic carbocycles. The Labute approximate surface area is 185 Å². The highest BCUT2D eigenvalue weighted by Gasteiger charge is 2.26. The fourth-order valence-electron chi connectivity index (χ4n) is 3.49. The van der Waals surface area contributed by atoms with E-state index in [1.165, 1.54) is 34.6 Å². The number of nitrogens with one attached hydrogen (secondary N) is 1. The largest absolute Gasteiger partial charge is 0.379 e. The van der Waals surface area contributed by atoms with Gasteiger partial charge < -0.3 is 14.6 Å². The summed E-state index contributed by atoms with van der Waals surface area (Å²) in [7, 11) is -3.62. The molecule has 1 amide bonds. The van der Waals surface area contributed by atoms with Crippen molar-refractivity contribution < 1.29 is 22.3 Å². The van der Waals surface area contributed by atoms with Crippen LogP contribution in [0.5, 0.6) is 0 Å². The minimum Gasteiger partial charge on any atom is -0.379 e. The zero-order valence-electron chi connectivity index (χ0n) is 17.5. The van der Waals surface area contributed by atoms with E-state index in [0.717, 1.165) is 0 Å². The molecule has 32 heavy (non-hydrogen) atoms. The van der Waals surface area contributed by atoms with E-state index in [1.807, 2.05) is 0 Å². The molecule has 1 aliphatic rings. The van der Waals surface area contributed by atoms with E-state index in [0.29, 0.717) is 48.9 Å². The van der Waals surface area contributed by atoms with Gasteiger partial charge in [-0.3, -0.25) is 4.79 Å². The van der Waals surface area contributed by atoms with Crippen molar-refractivity contribution in [2.45, 2.75) is 18.4 Å². The number of carbonyl (C=O) groups is 1. The number of ether oxygens (including phenoxy) is 1. The van der Waals surface area contributed by atoms with Crippen molar-refractivity contribution >= 4 is 15.9 Å². The Hall–Kier alpha value is -3.08. The maximum Gasteiger partial charge on any atom is 0.251 e. The van der Waals surface area contributed by atoms with Crippen LogP contribution in [0.1, 0.15) is 21.7 Å². The Kier molecular flexibility index (Phi) is 6.35. The second kappa shape index (κ2) is 9.19. The molecule has 1 N–H and O–H groups in total. The van der Waals surface area contributed by atoms with Crippen LogP contribution < -0.4 is 5.32 Å². The molecular weight excluding hydrogens is 435 g/mol. The zero-order valence-corrected chi connectivity index (χ0v) is 18.3. The van der Waals surface area contributed by atoms with E-state index in [9.17, 15) is 17.6 Å². The Morgan fingerprint density at radius 2 is 1.88 bits per heavy atom. The number of halogens is 1. The van der Waals surface area contributed by atoms with E-state index < -0.39 is 15.8 Å². The zero-order chi connectivity index (χ0) is 22.7. The number of benzene rings is 2. The number of imidazole rings is 1. The minimum atomic E-state index is -3.62. The van der Waals surface area contributed by atoms with E-state index in [4.69, 9.17) is 4.74 Å². The maximum absolute atomic E-state index is 14.5. The van der Waals surface area contributed by atoms with E-state index in [-0.39, 0.29) is 17.3 Å². The highest BCUT2D eigenvalue weighted by molar-refractivity contribution is 7.89. The highest BCUT2D eigenvalue weighted by atomic mass is 32.2. The third-order valence-corrected chi connectivity index (χ3v) is 7.19. The molecule has 1 saturated heterocycles. The van der Waals surface area contributed by atoms with E-state index >= 15 is 0 Å². The van der Waals surface area contributed by atoms with Crippen molar-refractivity contribution in [3.05, 3.63) is 77.6 Å². The van der Waals surface area contributed by atoms with Gasteiger partial charge >= 0.3 is 0 Å². The summed E-state index contributed by atoms with van der Waals surface area (Å²) in [5.41, 5.74) is 1.30. The Bertz CT molecular complexity index is 1220. The van der Waals surface area contributed by atoms with Crippen molar-refractivity contribution in [3.8, 4) is 5.69 Å². The van der Waals surface area contributed by atoms with Gasteiger partial charge in [0.05, 0.1) is 23.8 Å². The van der Waals surface area contributed by atoms with Crippen molar-refractivity contribution in [3.63, 3.8) is 0 Å². The van der Waals surface area contributed by atoms with Crippen molar-refractivity contribution in [1.82, 2.24) is 19.2 Å². The van der Waals surface area contributed by atoms with Gasteiger partial charge in [-0.1, -0.05) is 6.07 Å². The number of nitrogens with zero attached hydrogens (tertiary/aromatic N) is 3. The van der Waals surface area contributed by atoms with Gasteiger partial charge in [-0.15, -0.1) is 0 Å². The van der Waals surface area contributed by atoms with Crippen LogP contribution in [0.15, 0.2) is 59.8 Å². The molecule has 168 valence electrons. The molecule has 1 aliphatic heterocycles. The van der Waals surface area contributed by atoms with E-state index in [1.54, 1.807) is 36.0 Å². The SMILES string of the molecule is Cc1nccn1-c1ccc(CNC(=O)c2ccc(S(=O)(=O)N3CCOCC3)cc2)cc1F. The number of sulfonamides is 1. The van der Waals surface area contributed by atoms with Crippen molar-refractivity contribution in [2.75, 3.05) is 26.3 Å². The standard InChI is InChI=1S/C22H23FN4O4S/c1-16-24-8-9-27(16)21-7-2-17(14-20(21)23)15-25-22(28)18-3-5-19(6-4-18)32(29,30)26-10-12-31-13-11-26/h2-9,14H,10-13,15H2,1H3,(H,25,28). The molecule has 2 heterocycles. The first-order valence-corrected chi connectivity index (χ1v) is 11.6. The number of hydrogen-bond acceptors (Lipinski definition) is 5. The molecule has 0 bridgehead atoms. The lowest BCUT2D eigenvalue weighted by Crippen LogP contribution is -2.40. The summed E-state index contributed by atoms with van der Waals surface area (Å²) < 4.78 is 48.1. The average Bonchev–Trinajstić information content (AvgIpc) is 3.23. The molecule has 8 nitrogen and oxygen atoms in total. The minimum absolute atomic E-state index is 0.128. The quantitative estimate of drug-likeness (QED) is 0.612. The van der Waals surface area contributed by atoms with Crippen LogP contribution in [0.3, 0.4) is 0 Å². The molecule has 1 fully saturated rings. The first-order chi connectivity index (χ1) is 15.4. The van der Waals surface area contributed by atoms with Gasteiger partial charge in [0.15, 0.2) is 0 Å². The third kappa shape index (κ3) is 4.57. The molecule has 0 unspecified atom stereocenters. The number of carbonyl (C=O) groups excluding carboxylic acids is 1. The first kappa shape index (κ1) is 22.1. The summed E-state index contributed by atoms with van der Waals surface area (Å²) in [4.78, 5) is 16.7. The van der Waals surface area contributed by atoms with Crippen LogP contribution in [0.4, 0.5) is 4.39 Å². The van der Waals surface area contributed by atoms with Crippen molar-refractivity contribution in [2.24, 2.45) is 0 Å². The number of hydrogen-bond donors (Lipinski definition) is 1. The predicted octanol–water partition coefficient (Wildman–Crippen LogP) is 2.27. The normalized spacial score (nSPS) is 14.9. The molecule has 0 saturated carbocycles. The number of morpholine rings is 1. The summed E-state index contributed by atoms with van der Waals surface area (Å²) in [6.45, 7) is 3.25. The lowest BCUT2D eigenvalue weighted by atomic mass is 10.1. The summed E-state index contributed by atoms with van der Waals surface area (Å²) in [6, 6.07) is 10.5. The molecule has 4 rings (SSSR count). The summed E-state index contributed by atoms with van der Waals surface area (Å²) in [5.74, 6) is -0.130. The third-order valence-electron chi connectivity index (χ3n) is 5.27. The van der Waals surface area contributed by atoms with Crippen LogP contribution in [0, 0.1) is 12.7 Å². The van der Waals surface area contributed by atoms with Crippen LogP contribution in [0.2, 0.25) is 0 Å². The smallest absolute Gasteiger partial charge is 0.251 e. The van der Waals surface area contributed by atoms with Gasteiger partial charge in [-0.25, -0.2) is 17.8 Å². The van der Waals surface area contributed by atoms with Gasteiger partial charge in [0.25, 0.3) is 5.91 Å².